The van der Waals surface area contributed by atoms with Crippen LogP contribution in [0.1, 0.15) is 28.8 Å². The summed E-state index contributed by atoms with van der Waals surface area (Å²) in [5, 5.41) is 8.58. The maximum atomic E-state index is 12.5. The van der Waals surface area contributed by atoms with Crippen molar-refractivity contribution in [2.24, 2.45) is 7.05 Å². The maximum Gasteiger partial charge on any atom is 0.341 e. The van der Waals surface area contributed by atoms with Crippen molar-refractivity contribution in [1.82, 2.24) is 24.7 Å². The number of pyridine rings is 1. The molecule has 0 bridgehead atoms. The Balaban J connectivity index is 1.67. The predicted molar refractivity (Wildman–Crippen MR) is 111 cm³/mol. The summed E-state index contributed by atoms with van der Waals surface area (Å²) in [4.78, 5) is 24.6. The molecule has 0 atom stereocenters. The fraction of sp³-hybridized carbons (Fsp3) is 0.238. The molecule has 0 amide bonds. The van der Waals surface area contributed by atoms with Crippen LogP contribution in [0.4, 0.5) is 5.69 Å². The monoisotopic (exact) mass is 390 g/mol. The number of aromatic nitrogens is 5. The van der Waals surface area contributed by atoms with Crippen LogP contribution in [0.2, 0.25) is 0 Å². The number of rotatable bonds is 6. The Morgan fingerprint density at radius 1 is 1.21 bits per heavy atom. The highest BCUT2D eigenvalue weighted by atomic mass is 16.5. The van der Waals surface area contributed by atoms with Gasteiger partial charge in [0.1, 0.15) is 11.4 Å². The first-order valence-corrected chi connectivity index (χ1v) is 9.41. The number of imidazole rings is 1. The quantitative estimate of drug-likeness (QED) is 0.489. The molecule has 0 saturated carbocycles. The van der Waals surface area contributed by atoms with Crippen molar-refractivity contribution in [1.29, 1.82) is 0 Å². The van der Waals surface area contributed by atoms with Gasteiger partial charge in [0.05, 0.1) is 41.8 Å². The lowest BCUT2D eigenvalue weighted by molar-refractivity contribution is 0.0527. The van der Waals surface area contributed by atoms with Gasteiger partial charge < -0.3 is 15.0 Å². The van der Waals surface area contributed by atoms with E-state index < -0.39 is 5.97 Å². The number of hydrogen-bond donors (Lipinski definition) is 2. The van der Waals surface area contributed by atoms with Gasteiger partial charge in [0.15, 0.2) is 5.65 Å². The van der Waals surface area contributed by atoms with Gasteiger partial charge in [-0.1, -0.05) is 30.3 Å². The van der Waals surface area contributed by atoms with Gasteiger partial charge in [-0.15, -0.1) is 0 Å². The van der Waals surface area contributed by atoms with Crippen molar-refractivity contribution in [3.63, 3.8) is 0 Å². The summed E-state index contributed by atoms with van der Waals surface area (Å²) in [6, 6.07) is 9.99. The number of nitrogens with zero attached hydrogens (tertiary/aromatic N) is 4. The van der Waals surface area contributed by atoms with Gasteiger partial charge in [0.25, 0.3) is 0 Å². The van der Waals surface area contributed by atoms with Gasteiger partial charge in [0.2, 0.25) is 0 Å². The third-order valence-electron chi connectivity index (χ3n) is 4.67. The lowest BCUT2D eigenvalue weighted by atomic mass is 10.1. The van der Waals surface area contributed by atoms with Gasteiger partial charge >= 0.3 is 5.97 Å². The number of ether oxygens (including phenoxy) is 1. The van der Waals surface area contributed by atoms with Crippen molar-refractivity contribution in [3.8, 4) is 11.3 Å². The highest BCUT2D eigenvalue weighted by Crippen LogP contribution is 2.29. The number of carbonyl (C=O) groups excluding carboxylic acids is 1. The highest BCUT2D eigenvalue weighted by molar-refractivity contribution is 6.05. The Labute approximate surface area is 167 Å². The number of carbonyl (C=O) groups is 1. The lowest BCUT2D eigenvalue weighted by Crippen LogP contribution is -2.12. The molecular weight excluding hydrogens is 368 g/mol. The lowest BCUT2D eigenvalue weighted by Gasteiger charge is -2.12. The Morgan fingerprint density at radius 3 is 2.76 bits per heavy atom. The van der Waals surface area contributed by atoms with E-state index in [0.717, 1.165) is 28.2 Å². The molecule has 0 aliphatic carbocycles. The number of fused-ring (bicyclic) bond motifs is 1. The fourth-order valence-corrected chi connectivity index (χ4v) is 3.35. The molecule has 0 aliphatic heterocycles. The molecule has 3 aromatic heterocycles. The molecule has 4 rings (SSSR count). The number of anilines is 1. The average molecular weight is 390 g/mol. The van der Waals surface area contributed by atoms with Crippen LogP contribution in [-0.4, -0.2) is 37.3 Å². The van der Waals surface area contributed by atoms with Crippen LogP contribution in [0.3, 0.4) is 0 Å². The summed E-state index contributed by atoms with van der Waals surface area (Å²) in [5.41, 5.74) is 4.51. The zero-order valence-electron chi connectivity index (χ0n) is 16.6. The largest absolute Gasteiger partial charge is 0.462 e. The second kappa shape index (κ2) is 7.75. The number of nitrogens with one attached hydrogen (secondary N) is 2. The fourth-order valence-electron chi connectivity index (χ4n) is 3.35. The summed E-state index contributed by atoms with van der Waals surface area (Å²) in [6.07, 6.45) is 3.33. The summed E-state index contributed by atoms with van der Waals surface area (Å²) in [7, 11) is 1.83. The second-order valence-corrected chi connectivity index (χ2v) is 6.64. The van der Waals surface area contributed by atoms with E-state index in [9.17, 15) is 4.79 Å². The minimum absolute atomic E-state index is 0.293. The van der Waals surface area contributed by atoms with Crippen LogP contribution in [0.25, 0.3) is 22.3 Å². The molecule has 0 fully saturated rings. The maximum absolute atomic E-state index is 12.5. The van der Waals surface area contributed by atoms with Crippen molar-refractivity contribution in [2.45, 2.75) is 20.4 Å². The zero-order chi connectivity index (χ0) is 20.4. The van der Waals surface area contributed by atoms with Gasteiger partial charge in [-0.25, -0.2) is 14.8 Å². The van der Waals surface area contributed by atoms with E-state index in [4.69, 9.17) is 4.74 Å². The van der Waals surface area contributed by atoms with Crippen LogP contribution in [0, 0.1) is 6.92 Å². The number of esters is 1. The molecule has 29 heavy (non-hydrogen) atoms. The van der Waals surface area contributed by atoms with E-state index in [1.807, 2.05) is 44.3 Å². The van der Waals surface area contributed by atoms with E-state index >= 15 is 0 Å². The van der Waals surface area contributed by atoms with E-state index in [2.05, 4.69) is 25.4 Å². The number of aromatic amines is 1. The van der Waals surface area contributed by atoms with Crippen molar-refractivity contribution in [3.05, 3.63) is 59.8 Å². The first-order valence-electron chi connectivity index (χ1n) is 9.41. The smallest absolute Gasteiger partial charge is 0.341 e. The van der Waals surface area contributed by atoms with Crippen molar-refractivity contribution < 1.29 is 9.53 Å². The van der Waals surface area contributed by atoms with Crippen LogP contribution in [-0.2, 0) is 18.3 Å². The van der Waals surface area contributed by atoms with E-state index in [1.165, 1.54) is 6.20 Å². The van der Waals surface area contributed by atoms with Gasteiger partial charge in [-0.05, 0) is 19.4 Å². The Kier molecular flexibility index (Phi) is 4.99. The minimum Gasteiger partial charge on any atom is -0.462 e. The summed E-state index contributed by atoms with van der Waals surface area (Å²) < 4.78 is 6.91. The van der Waals surface area contributed by atoms with Crippen molar-refractivity contribution >= 4 is 22.7 Å². The summed E-state index contributed by atoms with van der Waals surface area (Å²) in [6.45, 7) is 4.37. The van der Waals surface area contributed by atoms with E-state index in [0.29, 0.717) is 30.0 Å². The molecule has 0 unspecified atom stereocenters. The van der Waals surface area contributed by atoms with Crippen LogP contribution in [0.15, 0.2) is 42.7 Å². The van der Waals surface area contributed by atoms with Gasteiger partial charge in [-0.2, -0.15) is 5.10 Å². The number of aryl methyl sites for hydroxylation is 2. The topological polar surface area (TPSA) is 97.7 Å². The molecule has 8 nitrogen and oxygen atoms in total. The molecule has 0 spiro atoms. The molecule has 0 radical (unpaired) electrons. The summed E-state index contributed by atoms with van der Waals surface area (Å²) in [5.74, 6) is 0.335. The third-order valence-corrected chi connectivity index (χ3v) is 4.67. The Bertz CT molecular complexity index is 1160. The number of H-pyrrole nitrogens is 1. The molecule has 3 heterocycles. The van der Waals surface area contributed by atoms with Gasteiger partial charge in [-0.3, -0.25) is 4.68 Å². The SMILES string of the molecule is CCOC(=O)c1cnc2c(c(C)nn2C)c1NCc1ncc(-c2ccccc2)[nH]1. The van der Waals surface area contributed by atoms with Gasteiger partial charge in [0, 0.05) is 13.2 Å². The predicted octanol–water partition coefficient (Wildman–Crippen LogP) is 3.46. The van der Waals surface area contributed by atoms with E-state index in [1.54, 1.807) is 17.8 Å². The Hall–Kier alpha value is -3.68. The first-order chi connectivity index (χ1) is 14.1. The molecule has 0 saturated heterocycles. The summed E-state index contributed by atoms with van der Waals surface area (Å²) >= 11 is 0. The molecular formula is C21H22N6O2. The zero-order valence-corrected chi connectivity index (χ0v) is 16.6. The van der Waals surface area contributed by atoms with E-state index in [-0.39, 0.29) is 0 Å². The normalized spacial score (nSPS) is 11.0. The second-order valence-electron chi connectivity index (χ2n) is 6.64. The molecule has 8 heteroatoms. The molecule has 1 aromatic carbocycles. The molecule has 148 valence electrons. The molecule has 2 N–H and O–H groups in total. The average Bonchev–Trinajstić information content (AvgIpc) is 3.32. The highest BCUT2D eigenvalue weighted by Gasteiger charge is 2.20. The number of hydrogen-bond acceptors (Lipinski definition) is 6. The van der Waals surface area contributed by atoms with Crippen LogP contribution < -0.4 is 5.32 Å². The van der Waals surface area contributed by atoms with Crippen LogP contribution >= 0.6 is 0 Å². The minimum atomic E-state index is -0.419. The standard InChI is InChI=1S/C21H22N6O2/c1-4-29-21(28)15-10-24-20-18(13(2)26-27(20)3)19(15)23-12-17-22-11-16(25-17)14-8-6-5-7-9-14/h5-11H,4,12H2,1-3H3,(H,22,25)(H,23,24). The van der Waals surface area contributed by atoms with Crippen molar-refractivity contribution in [2.75, 3.05) is 11.9 Å². The molecule has 0 aliphatic rings. The first kappa shape index (κ1) is 18.7. The number of benzene rings is 1. The Morgan fingerprint density at radius 2 is 2.00 bits per heavy atom. The van der Waals surface area contributed by atoms with Crippen LogP contribution in [0.5, 0.6) is 0 Å². The molecule has 4 aromatic rings. The third kappa shape index (κ3) is 3.56.